The van der Waals surface area contributed by atoms with Gasteiger partial charge in [0.2, 0.25) is 0 Å². The molecule has 1 unspecified atom stereocenters. The second-order valence-corrected chi connectivity index (χ2v) is 5.89. The summed E-state index contributed by atoms with van der Waals surface area (Å²) in [7, 11) is 0. The molecule has 1 aromatic carbocycles. The maximum Gasteiger partial charge on any atom is 0.339 e. The fraction of sp³-hybridized carbons (Fsp3) is 0.182. The topological polar surface area (TPSA) is 57.7 Å². The van der Waals surface area contributed by atoms with E-state index >= 15 is 0 Å². The lowest BCUT2D eigenvalue weighted by Gasteiger charge is -2.15. The average molecular weight is 317 g/mol. The number of carbonyl (C=O) groups excluding carboxylic acids is 3. The van der Waals surface area contributed by atoms with Crippen LogP contribution < -0.4 is 4.90 Å². The summed E-state index contributed by atoms with van der Waals surface area (Å²) in [5, 5.41) is 0.227. The molecule has 0 aromatic heterocycles. The van der Waals surface area contributed by atoms with E-state index < -0.39 is 23.2 Å². The van der Waals surface area contributed by atoms with Crippen LogP contribution in [0.4, 0.5) is 15.3 Å². The molecule has 2 heterocycles. The van der Waals surface area contributed by atoms with Crippen LogP contribution >= 0.6 is 35.0 Å². The van der Waals surface area contributed by atoms with Crippen LogP contribution in [0.2, 0.25) is 10.0 Å². The van der Waals surface area contributed by atoms with Crippen molar-refractivity contribution in [1.29, 1.82) is 0 Å². The van der Waals surface area contributed by atoms with Crippen LogP contribution in [0.5, 0.6) is 0 Å². The number of fused-ring (bicyclic) bond motifs is 1. The summed E-state index contributed by atoms with van der Waals surface area (Å²) in [4.78, 5) is 37.8. The van der Waals surface area contributed by atoms with Gasteiger partial charge in [-0.25, -0.2) is 14.6 Å². The van der Waals surface area contributed by atoms with Crippen molar-refractivity contribution in [2.24, 2.45) is 0 Å². The van der Waals surface area contributed by atoms with Crippen LogP contribution in [0.15, 0.2) is 18.2 Å². The molecule has 2 aliphatic heterocycles. The standard InChI is InChI=1S/C11H6Cl2N2O3S/c12-5-1-6(13)3-7(2-5)14-9(16)8-4-19-11(18)15(8)10(14)17/h1-3,8H,4H2. The van der Waals surface area contributed by atoms with Crippen molar-refractivity contribution in [2.75, 3.05) is 10.7 Å². The molecule has 0 aliphatic carbocycles. The third-order valence-electron chi connectivity index (χ3n) is 2.88. The minimum Gasteiger partial charge on any atom is -0.271 e. The van der Waals surface area contributed by atoms with Crippen molar-refractivity contribution >= 4 is 57.8 Å². The molecule has 4 amide bonds. The first-order valence-corrected chi connectivity index (χ1v) is 7.03. The van der Waals surface area contributed by atoms with E-state index in [1.54, 1.807) is 0 Å². The molecule has 2 aliphatic rings. The predicted octanol–water partition coefficient (Wildman–Crippen LogP) is 3.00. The van der Waals surface area contributed by atoms with E-state index in [1.807, 2.05) is 0 Å². The van der Waals surface area contributed by atoms with Crippen molar-refractivity contribution in [3.05, 3.63) is 28.2 Å². The third-order valence-corrected chi connectivity index (χ3v) is 4.24. The molecule has 2 fully saturated rings. The van der Waals surface area contributed by atoms with Crippen molar-refractivity contribution in [3.63, 3.8) is 0 Å². The summed E-state index contributed by atoms with van der Waals surface area (Å²) in [5.41, 5.74) is 0.278. The van der Waals surface area contributed by atoms with Crippen LogP contribution in [0.1, 0.15) is 0 Å². The lowest BCUT2D eigenvalue weighted by Crippen LogP contribution is -2.34. The van der Waals surface area contributed by atoms with E-state index in [2.05, 4.69) is 0 Å². The molecule has 0 bridgehead atoms. The van der Waals surface area contributed by atoms with Gasteiger partial charge >= 0.3 is 6.03 Å². The molecule has 1 atom stereocenters. The average Bonchev–Trinajstić information content (AvgIpc) is 2.80. The molecule has 19 heavy (non-hydrogen) atoms. The molecular weight excluding hydrogens is 311 g/mol. The minimum absolute atomic E-state index is 0.278. The lowest BCUT2D eigenvalue weighted by atomic mass is 10.2. The highest BCUT2D eigenvalue weighted by atomic mass is 35.5. The first-order chi connectivity index (χ1) is 8.99. The molecule has 0 radical (unpaired) electrons. The molecule has 5 nitrogen and oxygen atoms in total. The number of carbonyl (C=O) groups is 3. The second-order valence-electron chi connectivity index (χ2n) is 4.05. The van der Waals surface area contributed by atoms with Crippen LogP contribution in [0.3, 0.4) is 0 Å². The molecule has 1 aromatic rings. The first kappa shape index (κ1) is 12.8. The highest BCUT2D eigenvalue weighted by molar-refractivity contribution is 8.14. The SMILES string of the molecule is O=C1C2CSC(=O)N2C(=O)N1c1cc(Cl)cc(Cl)c1. The number of anilines is 1. The van der Waals surface area contributed by atoms with Gasteiger partial charge in [-0.15, -0.1) is 0 Å². The molecule has 8 heteroatoms. The van der Waals surface area contributed by atoms with Crippen molar-refractivity contribution < 1.29 is 14.4 Å². The number of nitrogens with zero attached hydrogens (tertiary/aromatic N) is 2. The quantitative estimate of drug-likeness (QED) is 0.747. The number of halogens is 2. The molecule has 2 saturated heterocycles. The summed E-state index contributed by atoms with van der Waals surface area (Å²) < 4.78 is 0. The Labute approximate surface area is 122 Å². The van der Waals surface area contributed by atoms with Crippen LogP contribution in [-0.2, 0) is 4.79 Å². The van der Waals surface area contributed by atoms with E-state index in [4.69, 9.17) is 23.2 Å². The third kappa shape index (κ3) is 1.91. The highest BCUT2D eigenvalue weighted by Gasteiger charge is 2.52. The number of benzene rings is 1. The van der Waals surface area contributed by atoms with Gasteiger partial charge in [-0.1, -0.05) is 35.0 Å². The Morgan fingerprint density at radius 3 is 2.32 bits per heavy atom. The number of thioether (sulfide) groups is 1. The van der Waals surface area contributed by atoms with Crippen molar-refractivity contribution in [2.45, 2.75) is 6.04 Å². The maximum atomic E-state index is 12.2. The highest BCUT2D eigenvalue weighted by Crippen LogP contribution is 2.35. The van der Waals surface area contributed by atoms with E-state index in [0.29, 0.717) is 10.0 Å². The Morgan fingerprint density at radius 1 is 1.11 bits per heavy atom. The largest absolute Gasteiger partial charge is 0.339 e. The number of urea groups is 1. The van der Waals surface area contributed by atoms with Gasteiger partial charge in [-0.3, -0.25) is 9.59 Å². The summed E-state index contributed by atoms with van der Waals surface area (Å²) in [5.74, 6) is -0.143. The summed E-state index contributed by atoms with van der Waals surface area (Å²) >= 11 is 12.7. The van der Waals surface area contributed by atoms with Gasteiger partial charge in [0.05, 0.1) is 5.69 Å². The second kappa shape index (κ2) is 4.40. The molecule has 0 spiro atoms. The smallest absolute Gasteiger partial charge is 0.271 e. The van der Waals surface area contributed by atoms with E-state index in [1.165, 1.54) is 18.2 Å². The number of hydrogen-bond acceptors (Lipinski definition) is 4. The first-order valence-electron chi connectivity index (χ1n) is 5.29. The fourth-order valence-electron chi connectivity index (χ4n) is 2.07. The number of imide groups is 2. The Bertz CT molecular complexity index is 602. The van der Waals surface area contributed by atoms with Gasteiger partial charge in [-0.05, 0) is 18.2 Å². The summed E-state index contributed by atoms with van der Waals surface area (Å²) in [6.07, 6.45) is 0. The van der Waals surface area contributed by atoms with Gasteiger partial charge in [-0.2, -0.15) is 0 Å². The molecule has 98 valence electrons. The van der Waals surface area contributed by atoms with Crippen LogP contribution in [0, 0.1) is 0 Å². The number of rotatable bonds is 1. The molecule has 0 saturated carbocycles. The van der Waals surface area contributed by atoms with Gasteiger partial charge in [0, 0.05) is 15.8 Å². The maximum absolute atomic E-state index is 12.2. The summed E-state index contributed by atoms with van der Waals surface area (Å²) in [6, 6.07) is 3.05. The summed E-state index contributed by atoms with van der Waals surface area (Å²) in [6.45, 7) is 0. The van der Waals surface area contributed by atoms with Gasteiger partial charge in [0.25, 0.3) is 11.1 Å². The van der Waals surface area contributed by atoms with Crippen molar-refractivity contribution in [1.82, 2.24) is 4.90 Å². The monoisotopic (exact) mass is 316 g/mol. The van der Waals surface area contributed by atoms with E-state index in [0.717, 1.165) is 21.6 Å². The van der Waals surface area contributed by atoms with E-state index in [9.17, 15) is 14.4 Å². The zero-order chi connectivity index (χ0) is 13.7. The van der Waals surface area contributed by atoms with Gasteiger partial charge in [0.1, 0.15) is 6.04 Å². The Hall–Kier alpha value is -1.24. The predicted molar refractivity (Wildman–Crippen MR) is 72.8 cm³/mol. The lowest BCUT2D eigenvalue weighted by molar-refractivity contribution is -0.118. The molecule has 0 N–H and O–H groups in total. The minimum atomic E-state index is -0.720. The normalized spacial score (nSPS) is 22.4. The zero-order valence-electron chi connectivity index (χ0n) is 9.30. The Balaban J connectivity index is 2.04. The van der Waals surface area contributed by atoms with Crippen LogP contribution in [0.25, 0.3) is 0 Å². The number of hydrogen-bond donors (Lipinski definition) is 0. The fourth-order valence-corrected chi connectivity index (χ4v) is 3.52. The van der Waals surface area contributed by atoms with Crippen molar-refractivity contribution in [3.8, 4) is 0 Å². The molecular formula is C11H6Cl2N2O3S. The van der Waals surface area contributed by atoms with E-state index in [-0.39, 0.29) is 11.4 Å². The van der Waals surface area contributed by atoms with Gasteiger partial charge in [0.15, 0.2) is 0 Å². The number of amides is 4. The Kier molecular flexibility index (Phi) is 2.96. The molecule has 3 rings (SSSR count). The van der Waals surface area contributed by atoms with Gasteiger partial charge < -0.3 is 0 Å². The van der Waals surface area contributed by atoms with Crippen LogP contribution in [-0.4, -0.2) is 33.9 Å². The zero-order valence-corrected chi connectivity index (χ0v) is 11.6. The Morgan fingerprint density at radius 2 is 1.74 bits per heavy atom.